The van der Waals surface area contributed by atoms with Gasteiger partial charge in [-0.25, -0.2) is 9.79 Å². The zero-order valence-corrected chi connectivity index (χ0v) is 9.40. The lowest BCUT2D eigenvalue weighted by atomic mass is 10.3. The summed E-state index contributed by atoms with van der Waals surface area (Å²) in [5, 5.41) is 1.01. The summed E-state index contributed by atoms with van der Waals surface area (Å²) in [6.45, 7) is 0.331. The minimum absolute atomic E-state index is 0.00272. The van der Waals surface area contributed by atoms with Crippen LogP contribution < -0.4 is 5.73 Å². The molecule has 5 nitrogen and oxygen atoms in total. The molecule has 0 aromatic carbocycles. The van der Waals surface area contributed by atoms with Crippen molar-refractivity contribution in [3.63, 3.8) is 0 Å². The number of ether oxygens (including phenoxy) is 2. The fraction of sp³-hybridized carbons (Fsp3) is 0.400. The number of allylic oxidation sites excluding steroid dienone is 2. The smallest absolute Gasteiger partial charge is 0.404 e. The molecule has 0 bridgehead atoms. The molecule has 2 N–H and O–H groups in total. The quantitative estimate of drug-likeness (QED) is 0.760. The van der Waals surface area contributed by atoms with Crippen LogP contribution in [0.1, 0.15) is 12.8 Å². The summed E-state index contributed by atoms with van der Waals surface area (Å²) < 4.78 is 10.0. The average molecular weight is 240 g/mol. The van der Waals surface area contributed by atoms with E-state index in [1.165, 1.54) is 0 Å². The van der Waals surface area contributed by atoms with Gasteiger partial charge >= 0.3 is 6.09 Å². The van der Waals surface area contributed by atoms with Gasteiger partial charge in [0.25, 0.3) is 0 Å². The molecule has 0 spiro atoms. The second kappa shape index (κ2) is 5.07. The lowest BCUT2D eigenvalue weighted by Gasteiger charge is -2.11. The van der Waals surface area contributed by atoms with Gasteiger partial charge < -0.3 is 15.2 Å². The first kappa shape index (κ1) is 11.1. The summed E-state index contributed by atoms with van der Waals surface area (Å²) in [7, 11) is 0. The second-order valence-electron chi connectivity index (χ2n) is 3.28. The van der Waals surface area contributed by atoms with Crippen LogP contribution in [0.3, 0.4) is 0 Å². The van der Waals surface area contributed by atoms with Crippen molar-refractivity contribution in [2.45, 2.75) is 18.3 Å². The van der Waals surface area contributed by atoms with E-state index in [2.05, 4.69) is 9.73 Å². The van der Waals surface area contributed by atoms with Gasteiger partial charge in [-0.15, -0.1) is 0 Å². The van der Waals surface area contributed by atoms with Crippen LogP contribution in [0.5, 0.6) is 0 Å². The van der Waals surface area contributed by atoms with E-state index in [0.717, 1.165) is 23.6 Å². The van der Waals surface area contributed by atoms with Crippen molar-refractivity contribution in [1.29, 1.82) is 0 Å². The van der Waals surface area contributed by atoms with Crippen LogP contribution >= 0.6 is 11.8 Å². The van der Waals surface area contributed by atoms with E-state index >= 15 is 0 Å². The number of carbonyl (C=O) groups excluding carboxylic acids is 1. The summed E-state index contributed by atoms with van der Waals surface area (Å²) >= 11 is 1.59. The van der Waals surface area contributed by atoms with E-state index in [9.17, 15) is 4.79 Å². The van der Waals surface area contributed by atoms with E-state index in [1.54, 1.807) is 18.0 Å². The Kier molecular flexibility index (Phi) is 3.51. The molecule has 1 atom stereocenters. The number of amides is 1. The predicted octanol–water partition coefficient (Wildman–Crippen LogP) is 1.76. The van der Waals surface area contributed by atoms with Crippen molar-refractivity contribution in [3.8, 4) is 0 Å². The van der Waals surface area contributed by atoms with E-state index in [-0.39, 0.29) is 5.44 Å². The van der Waals surface area contributed by atoms with Gasteiger partial charge in [0.05, 0.1) is 23.6 Å². The molecule has 0 aliphatic carbocycles. The number of rotatable bonds is 4. The van der Waals surface area contributed by atoms with Gasteiger partial charge in [0.1, 0.15) is 0 Å². The number of nitrogens with zero attached hydrogens (tertiary/aromatic N) is 1. The molecule has 0 aromatic heterocycles. The Labute approximate surface area is 97.4 Å². The molecule has 2 aliphatic heterocycles. The topological polar surface area (TPSA) is 73.9 Å². The number of hydrogen-bond acceptors (Lipinski definition) is 5. The lowest BCUT2D eigenvalue weighted by molar-refractivity contribution is 0.156. The summed E-state index contributed by atoms with van der Waals surface area (Å²) in [4.78, 5) is 14.7. The fourth-order valence-corrected chi connectivity index (χ4v) is 2.43. The van der Waals surface area contributed by atoms with E-state index in [1.807, 2.05) is 12.2 Å². The van der Waals surface area contributed by atoms with Gasteiger partial charge in [-0.05, 0) is 25.0 Å². The lowest BCUT2D eigenvalue weighted by Crippen LogP contribution is -2.14. The van der Waals surface area contributed by atoms with Gasteiger partial charge in [0.15, 0.2) is 5.44 Å². The Bertz CT molecular complexity index is 376. The van der Waals surface area contributed by atoms with Crippen molar-refractivity contribution in [2.24, 2.45) is 10.7 Å². The van der Waals surface area contributed by atoms with Gasteiger partial charge in [-0.2, -0.15) is 0 Å². The first-order valence-corrected chi connectivity index (χ1v) is 5.82. The normalized spacial score (nSPS) is 21.9. The van der Waals surface area contributed by atoms with E-state index in [4.69, 9.17) is 10.5 Å². The number of primary amides is 1. The number of fused-ring (bicyclic) bond motifs is 1. The molecule has 1 unspecified atom stereocenters. The SMILES string of the molecule is NC(=O)OCCCC1=NC2=CC=COC2S1. The van der Waals surface area contributed by atoms with Crippen molar-refractivity contribution in [1.82, 2.24) is 0 Å². The van der Waals surface area contributed by atoms with Gasteiger partial charge in [0, 0.05) is 0 Å². The third-order valence-electron chi connectivity index (χ3n) is 2.07. The van der Waals surface area contributed by atoms with Gasteiger partial charge in [-0.3, -0.25) is 0 Å². The van der Waals surface area contributed by atoms with Crippen LogP contribution in [-0.4, -0.2) is 23.2 Å². The van der Waals surface area contributed by atoms with E-state index < -0.39 is 6.09 Å². The van der Waals surface area contributed by atoms with Crippen LogP contribution in [0.4, 0.5) is 4.79 Å². The molecule has 6 heteroatoms. The molecular weight excluding hydrogens is 228 g/mol. The standard InChI is InChI=1S/C10H12N2O3S/c11-10(13)15-6-2-4-8-12-7-3-1-5-14-9(7)16-8/h1,3,5,9H,2,4,6H2,(H2,11,13). The molecule has 0 fully saturated rings. The molecule has 2 heterocycles. The number of hydrogen-bond donors (Lipinski definition) is 1. The van der Waals surface area contributed by atoms with Crippen LogP contribution in [0.15, 0.2) is 29.1 Å². The van der Waals surface area contributed by atoms with Crippen molar-refractivity contribution >= 4 is 22.9 Å². The Morgan fingerprint density at radius 2 is 2.56 bits per heavy atom. The number of carbonyl (C=O) groups is 1. The number of nitrogens with two attached hydrogens (primary N) is 1. The first-order valence-electron chi connectivity index (χ1n) is 4.94. The van der Waals surface area contributed by atoms with Gasteiger partial charge in [-0.1, -0.05) is 11.8 Å². The molecule has 86 valence electrons. The first-order chi connectivity index (χ1) is 7.75. The maximum atomic E-state index is 10.3. The third-order valence-corrected chi connectivity index (χ3v) is 3.20. The minimum Gasteiger partial charge on any atom is -0.481 e. The van der Waals surface area contributed by atoms with Crippen LogP contribution in [0, 0.1) is 0 Å². The maximum absolute atomic E-state index is 10.3. The molecule has 2 aliphatic rings. The Morgan fingerprint density at radius 1 is 1.69 bits per heavy atom. The molecule has 1 amide bonds. The number of aliphatic imine (C=N–C) groups is 1. The van der Waals surface area contributed by atoms with Gasteiger partial charge in [0.2, 0.25) is 0 Å². The highest BCUT2D eigenvalue weighted by molar-refractivity contribution is 8.14. The number of thioether (sulfide) groups is 1. The largest absolute Gasteiger partial charge is 0.481 e. The predicted molar refractivity (Wildman–Crippen MR) is 61.9 cm³/mol. The molecule has 0 aromatic rings. The van der Waals surface area contributed by atoms with Crippen molar-refractivity contribution < 1.29 is 14.3 Å². The van der Waals surface area contributed by atoms with E-state index in [0.29, 0.717) is 6.61 Å². The summed E-state index contributed by atoms with van der Waals surface area (Å²) in [5.41, 5.74) is 5.79. The highest BCUT2D eigenvalue weighted by Crippen LogP contribution is 2.34. The molecule has 0 saturated heterocycles. The Morgan fingerprint density at radius 3 is 3.31 bits per heavy atom. The van der Waals surface area contributed by atoms with Crippen LogP contribution in [-0.2, 0) is 9.47 Å². The zero-order chi connectivity index (χ0) is 11.4. The molecule has 2 rings (SSSR count). The highest BCUT2D eigenvalue weighted by atomic mass is 32.2. The zero-order valence-electron chi connectivity index (χ0n) is 8.59. The summed E-state index contributed by atoms with van der Waals surface area (Å²) in [6.07, 6.45) is 6.20. The fourth-order valence-electron chi connectivity index (χ4n) is 1.39. The molecular formula is C10H12N2O3S. The molecule has 0 radical (unpaired) electrons. The molecule has 16 heavy (non-hydrogen) atoms. The highest BCUT2D eigenvalue weighted by Gasteiger charge is 2.26. The minimum atomic E-state index is -0.732. The Balaban J connectivity index is 1.76. The summed E-state index contributed by atoms with van der Waals surface area (Å²) in [5.74, 6) is 0. The second-order valence-corrected chi connectivity index (χ2v) is 4.42. The van der Waals surface area contributed by atoms with Crippen LogP contribution in [0.2, 0.25) is 0 Å². The maximum Gasteiger partial charge on any atom is 0.404 e. The van der Waals surface area contributed by atoms with Crippen LogP contribution in [0.25, 0.3) is 0 Å². The average Bonchev–Trinajstić information content (AvgIpc) is 2.66. The third kappa shape index (κ3) is 2.79. The summed E-state index contributed by atoms with van der Waals surface area (Å²) in [6, 6.07) is 0. The van der Waals surface area contributed by atoms with Crippen molar-refractivity contribution in [2.75, 3.05) is 6.61 Å². The Hall–Kier alpha value is -1.43. The molecule has 0 saturated carbocycles. The monoisotopic (exact) mass is 240 g/mol. The van der Waals surface area contributed by atoms with Crippen molar-refractivity contribution in [3.05, 3.63) is 24.1 Å².